The fraction of sp³-hybridized carbons (Fsp3) is 0.562. The largest absolute Gasteiger partial charge is 0.379 e. The Morgan fingerprint density at radius 1 is 1.26 bits per heavy atom. The highest BCUT2D eigenvalue weighted by Crippen LogP contribution is 2.20. The van der Waals surface area contributed by atoms with Crippen LogP contribution in [0, 0.1) is 5.92 Å². The van der Waals surface area contributed by atoms with E-state index in [9.17, 15) is 4.79 Å². The van der Waals surface area contributed by atoms with Crippen LogP contribution >= 0.6 is 24.8 Å². The minimum Gasteiger partial charge on any atom is -0.379 e. The summed E-state index contributed by atoms with van der Waals surface area (Å²) in [5.41, 5.74) is 2.12. The van der Waals surface area contributed by atoms with Gasteiger partial charge < -0.3 is 15.4 Å². The summed E-state index contributed by atoms with van der Waals surface area (Å²) < 4.78 is 5.38. The zero-order chi connectivity index (χ0) is 14.5. The highest BCUT2D eigenvalue weighted by molar-refractivity contribution is 5.93. The van der Waals surface area contributed by atoms with Crippen LogP contribution in [0.2, 0.25) is 0 Å². The van der Waals surface area contributed by atoms with Crippen molar-refractivity contribution < 1.29 is 9.53 Å². The number of amides is 1. The van der Waals surface area contributed by atoms with E-state index in [4.69, 9.17) is 4.74 Å². The summed E-state index contributed by atoms with van der Waals surface area (Å²) >= 11 is 0. The van der Waals surface area contributed by atoms with Gasteiger partial charge in [0.05, 0.1) is 19.1 Å². The van der Waals surface area contributed by atoms with Gasteiger partial charge in [0.25, 0.3) is 0 Å². The molecule has 2 saturated heterocycles. The minimum atomic E-state index is 0. The second kappa shape index (κ2) is 10.1. The number of carbonyl (C=O) groups excluding carboxylic acids is 1. The first-order valence-corrected chi connectivity index (χ1v) is 7.72. The van der Waals surface area contributed by atoms with Crippen LogP contribution < -0.4 is 10.6 Å². The van der Waals surface area contributed by atoms with E-state index in [2.05, 4.69) is 21.6 Å². The number of ether oxygens (including phenoxy) is 1. The molecular weight excluding hydrogens is 337 g/mol. The molecule has 0 aromatic heterocycles. The number of para-hydroxylation sites is 1. The van der Waals surface area contributed by atoms with Gasteiger partial charge in [0.15, 0.2) is 0 Å². The molecular formula is C16H25Cl2N3O2. The molecule has 0 spiro atoms. The lowest BCUT2D eigenvalue weighted by Gasteiger charge is -2.27. The third-order valence-electron chi connectivity index (χ3n) is 4.20. The highest BCUT2D eigenvalue weighted by Gasteiger charge is 2.23. The lowest BCUT2D eigenvalue weighted by atomic mass is 10.1. The summed E-state index contributed by atoms with van der Waals surface area (Å²) in [7, 11) is 0. The minimum absolute atomic E-state index is 0. The van der Waals surface area contributed by atoms with Crippen molar-refractivity contribution in [3.8, 4) is 0 Å². The van der Waals surface area contributed by atoms with Crippen molar-refractivity contribution >= 4 is 36.4 Å². The van der Waals surface area contributed by atoms with Gasteiger partial charge in [-0.25, -0.2) is 0 Å². The van der Waals surface area contributed by atoms with Crippen molar-refractivity contribution in [2.24, 2.45) is 5.92 Å². The number of morpholine rings is 1. The van der Waals surface area contributed by atoms with E-state index >= 15 is 0 Å². The van der Waals surface area contributed by atoms with Crippen molar-refractivity contribution in [3.63, 3.8) is 0 Å². The van der Waals surface area contributed by atoms with Gasteiger partial charge in [0, 0.05) is 31.9 Å². The first-order chi connectivity index (χ1) is 10.3. The standard InChI is InChI=1S/C16H23N3O2.2ClH/c20-16(13-5-6-17-11-13)18-15-4-2-1-3-14(15)12-19-7-9-21-10-8-19;;/h1-4,13,17H,5-12H2,(H,18,20);2*1H. The van der Waals surface area contributed by atoms with Gasteiger partial charge >= 0.3 is 0 Å². The summed E-state index contributed by atoms with van der Waals surface area (Å²) in [6.07, 6.45) is 0.928. The number of rotatable bonds is 4. The van der Waals surface area contributed by atoms with Gasteiger partial charge in [-0.2, -0.15) is 0 Å². The van der Waals surface area contributed by atoms with Gasteiger partial charge in [-0.3, -0.25) is 9.69 Å². The summed E-state index contributed by atoms with van der Waals surface area (Å²) in [5.74, 6) is 0.232. The Balaban J connectivity index is 0.00000132. The van der Waals surface area contributed by atoms with Gasteiger partial charge in [0.1, 0.15) is 0 Å². The lowest BCUT2D eigenvalue weighted by molar-refractivity contribution is -0.119. The molecule has 2 heterocycles. The van der Waals surface area contributed by atoms with Gasteiger partial charge in [-0.1, -0.05) is 18.2 Å². The molecule has 2 N–H and O–H groups in total. The quantitative estimate of drug-likeness (QED) is 0.859. The number of anilines is 1. The third-order valence-corrected chi connectivity index (χ3v) is 4.20. The average Bonchev–Trinajstić information content (AvgIpc) is 3.05. The Kier molecular flexibility index (Phi) is 8.87. The molecule has 1 aromatic rings. The van der Waals surface area contributed by atoms with E-state index in [1.54, 1.807) is 0 Å². The first-order valence-electron chi connectivity index (χ1n) is 7.72. The molecule has 2 aliphatic rings. The summed E-state index contributed by atoms with van der Waals surface area (Å²) in [6.45, 7) is 6.09. The van der Waals surface area contributed by atoms with E-state index < -0.39 is 0 Å². The number of hydrogen-bond acceptors (Lipinski definition) is 4. The van der Waals surface area contributed by atoms with Gasteiger partial charge in [-0.05, 0) is 24.6 Å². The SMILES string of the molecule is Cl.Cl.O=C(Nc1ccccc1CN1CCOCC1)C1CCNC1. The zero-order valence-electron chi connectivity index (χ0n) is 13.1. The van der Waals surface area contributed by atoms with E-state index in [-0.39, 0.29) is 36.6 Å². The Bertz CT molecular complexity index is 490. The third kappa shape index (κ3) is 5.62. The Morgan fingerprint density at radius 2 is 2.00 bits per heavy atom. The molecule has 1 unspecified atom stereocenters. The monoisotopic (exact) mass is 361 g/mol. The molecule has 1 aromatic carbocycles. The van der Waals surface area contributed by atoms with E-state index in [1.165, 1.54) is 5.56 Å². The second-order valence-corrected chi connectivity index (χ2v) is 5.72. The average molecular weight is 362 g/mol. The van der Waals surface area contributed by atoms with Crippen LogP contribution in [0.1, 0.15) is 12.0 Å². The maximum Gasteiger partial charge on any atom is 0.228 e. The van der Waals surface area contributed by atoms with Crippen molar-refractivity contribution in [3.05, 3.63) is 29.8 Å². The Hall–Kier alpha value is -0.850. The van der Waals surface area contributed by atoms with Crippen LogP contribution in [0.4, 0.5) is 5.69 Å². The van der Waals surface area contributed by atoms with Crippen LogP contribution in [0.15, 0.2) is 24.3 Å². The van der Waals surface area contributed by atoms with E-state index in [0.29, 0.717) is 0 Å². The molecule has 3 rings (SSSR count). The predicted molar refractivity (Wildman–Crippen MR) is 96.6 cm³/mol. The van der Waals surface area contributed by atoms with Crippen molar-refractivity contribution in [1.29, 1.82) is 0 Å². The topological polar surface area (TPSA) is 53.6 Å². The fourth-order valence-electron chi connectivity index (χ4n) is 2.89. The Morgan fingerprint density at radius 3 is 2.70 bits per heavy atom. The molecule has 0 aliphatic carbocycles. The number of benzene rings is 1. The van der Waals surface area contributed by atoms with Gasteiger partial charge in [0.2, 0.25) is 5.91 Å². The number of nitrogens with zero attached hydrogens (tertiary/aromatic N) is 1. The molecule has 0 bridgehead atoms. The number of hydrogen-bond donors (Lipinski definition) is 2. The first kappa shape index (κ1) is 20.2. The normalized spacial score (nSPS) is 21.1. The van der Waals surface area contributed by atoms with Crippen molar-refractivity contribution in [2.75, 3.05) is 44.7 Å². The maximum absolute atomic E-state index is 12.3. The molecule has 1 atom stereocenters. The molecule has 1 amide bonds. The number of halogens is 2. The maximum atomic E-state index is 12.3. The molecule has 130 valence electrons. The molecule has 23 heavy (non-hydrogen) atoms. The van der Waals surface area contributed by atoms with Crippen LogP contribution in [0.3, 0.4) is 0 Å². The second-order valence-electron chi connectivity index (χ2n) is 5.72. The van der Waals surface area contributed by atoms with Gasteiger partial charge in [-0.15, -0.1) is 24.8 Å². The number of nitrogens with one attached hydrogen (secondary N) is 2. The molecule has 5 nitrogen and oxygen atoms in total. The molecule has 7 heteroatoms. The smallest absolute Gasteiger partial charge is 0.228 e. The molecule has 2 fully saturated rings. The van der Waals surface area contributed by atoms with Crippen LogP contribution in [0.5, 0.6) is 0 Å². The van der Waals surface area contributed by atoms with Crippen LogP contribution in [-0.2, 0) is 16.1 Å². The predicted octanol–water partition coefficient (Wildman–Crippen LogP) is 1.91. The Labute approximate surface area is 150 Å². The van der Waals surface area contributed by atoms with Crippen LogP contribution in [0.25, 0.3) is 0 Å². The number of carbonyl (C=O) groups is 1. The van der Waals surface area contributed by atoms with Crippen molar-refractivity contribution in [2.45, 2.75) is 13.0 Å². The summed E-state index contributed by atoms with van der Waals surface area (Å²) in [5, 5.41) is 6.34. The highest BCUT2D eigenvalue weighted by atomic mass is 35.5. The zero-order valence-corrected chi connectivity index (χ0v) is 14.8. The van der Waals surface area contributed by atoms with E-state index in [0.717, 1.165) is 58.0 Å². The molecule has 0 saturated carbocycles. The lowest BCUT2D eigenvalue weighted by Crippen LogP contribution is -2.36. The molecule has 2 aliphatic heterocycles. The molecule has 0 radical (unpaired) electrons. The van der Waals surface area contributed by atoms with Crippen LogP contribution in [-0.4, -0.2) is 50.2 Å². The summed E-state index contributed by atoms with van der Waals surface area (Å²) in [4.78, 5) is 14.6. The van der Waals surface area contributed by atoms with E-state index in [1.807, 2.05) is 18.2 Å². The van der Waals surface area contributed by atoms with Crippen molar-refractivity contribution in [1.82, 2.24) is 10.2 Å². The summed E-state index contributed by atoms with van der Waals surface area (Å²) in [6, 6.07) is 8.10. The fourth-order valence-corrected chi connectivity index (χ4v) is 2.89.